The van der Waals surface area contributed by atoms with Crippen LogP contribution >= 0.6 is 27.5 Å². The Hall–Kier alpha value is -2.43. The van der Waals surface area contributed by atoms with E-state index in [1.54, 1.807) is 17.1 Å². The molecule has 1 aliphatic heterocycles. The number of hydrogen-bond donors (Lipinski definition) is 0. The number of carbonyl (C=O) groups is 1. The second-order valence-electron chi connectivity index (χ2n) is 6.82. The Bertz CT molecular complexity index is 1080. The third-order valence-corrected chi connectivity index (χ3v) is 5.63. The predicted molar refractivity (Wildman–Crippen MR) is 117 cm³/mol. The molecule has 0 radical (unpaired) electrons. The third-order valence-electron chi connectivity index (χ3n) is 4.81. The minimum Gasteiger partial charge on any atom is -0.267 e. The standard InChI is InChI=1S/C23H18BrClN2O/c1-15-6-4-7-16(12-15)21-14-22(17-8-5-9-18(24)13-17)27(26-21)23(28)19-10-2-3-11-20(19)25/h2-13,22H,14H2,1H3/t22-/m0/s1. The molecule has 0 aromatic heterocycles. The normalized spacial score (nSPS) is 16.2. The Kier molecular flexibility index (Phi) is 5.33. The van der Waals surface area contributed by atoms with E-state index >= 15 is 0 Å². The molecule has 3 aromatic carbocycles. The van der Waals surface area contributed by atoms with Crippen molar-refractivity contribution in [3.8, 4) is 0 Å². The maximum absolute atomic E-state index is 13.3. The lowest BCUT2D eigenvalue weighted by Gasteiger charge is -2.22. The summed E-state index contributed by atoms with van der Waals surface area (Å²) in [7, 11) is 0. The monoisotopic (exact) mass is 452 g/mol. The highest BCUT2D eigenvalue weighted by Gasteiger charge is 2.34. The Balaban J connectivity index is 1.77. The quantitative estimate of drug-likeness (QED) is 0.451. The molecule has 4 rings (SSSR count). The minimum absolute atomic E-state index is 0.184. The topological polar surface area (TPSA) is 32.7 Å². The largest absolute Gasteiger partial charge is 0.276 e. The van der Waals surface area contributed by atoms with Gasteiger partial charge in [-0.1, -0.05) is 81.6 Å². The van der Waals surface area contributed by atoms with Crippen LogP contribution in [0.4, 0.5) is 0 Å². The van der Waals surface area contributed by atoms with Gasteiger partial charge in [0.2, 0.25) is 0 Å². The molecule has 0 spiro atoms. The summed E-state index contributed by atoms with van der Waals surface area (Å²) in [5.41, 5.74) is 4.58. The minimum atomic E-state index is -0.196. The van der Waals surface area contributed by atoms with Crippen LogP contribution in [0.1, 0.15) is 39.5 Å². The van der Waals surface area contributed by atoms with Crippen LogP contribution in [-0.4, -0.2) is 16.6 Å². The van der Waals surface area contributed by atoms with Crippen molar-refractivity contribution in [3.05, 3.63) is 105 Å². The Morgan fingerprint density at radius 1 is 1.07 bits per heavy atom. The van der Waals surface area contributed by atoms with E-state index < -0.39 is 0 Å². The zero-order valence-electron chi connectivity index (χ0n) is 15.3. The summed E-state index contributed by atoms with van der Waals surface area (Å²) in [5.74, 6) is -0.196. The summed E-state index contributed by atoms with van der Waals surface area (Å²) < 4.78 is 0.971. The molecule has 0 saturated heterocycles. The van der Waals surface area contributed by atoms with Crippen LogP contribution in [-0.2, 0) is 0 Å². The second kappa shape index (κ2) is 7.90. The van der Waals surface area contributed by atoms with Crippen molar-refractivity contribution in [2.24, 2.45) is 5.10 Å². The van der Waals surface area contributed by atoms with Gasteiger partial charge in [0.15, 0.2) is 0 Å². The van der Waals surface area contributed by atoms with E-state index in [0.717, 1.165) is 26.9 Å². The molecular formula is C23H18BrClN2O. The van der Waals surface area contributed by atoms with Crippen LogP contribution in [0.25, 0.3) is 0 Å². The van der Waals surface area contributed by atoms with Crippen LogP contribution in [0, 0.1) is 6.92 Å². The average molecular weight is 454 g/mol. The highest BCUT2D eigenvalue weighted by Crippen LogP contribution is 2.35. The van der Waals surface area contributed by atoms with E-state index in [0.29, 0.717) is 17.0 Å². The van der Waals surface area contributed by atoms with Gasteiger partial charge in [-0.05, 0) is 42.3 Å². The van der Waals surface area contributed by atoms with E-state index in [1.807, 2.05) is 48.5 Å². The van der Waals surface area contributed by atoms with E-state index in [2.05, 4.69) is 35.0 Å². The van der Waals surface area contributed by atoms with Gasteiger partial charge in [-0.3, -0.25) is 4.79 Å². The van der Waals surface area contributed by atoms with Gasteiger partial charge in [0.1, 0.15) is 0 Å². The van der Waals surface area contributed by atoms with Crippen LogP contribution in [0.3, 0.4) is 0 Å². The molecule has 1 atom stereocenters. The van der Waals surface area contributed by atoms with Crippen molar-refractivity contribution in [1.29, 1.82) is 0 Å². The fourth-order valence-corrected chi connectivity index (χ4v) is 4.06. The van der Waals surface area contributed by atoms with Crippen molar-refractivity contribution >= 4 is 39.1 Å². The average Bonchev–Trinajstić information content (AvgIpc) is 3.13. The van der Waals surface area contributed by atoms with Crippen molar-refractivity contribution < 1.29 is 4.79 Å². The van der Waals surface area contributed by atoms with Crippen LogP contribution in [0.2, 0.25) is 5.02 Å². The zero-order valence-corrected chi connectivity index (χ0v) is 17.6. The first-order chi connectivity index (χ1) is 13.5. The van der Waals surface area contributed by atoms with Crippen molar-refractivity contribution in [2.75, 3.05) is 0 Å². The molecule has 140 valence electrons. The van der Waals surface area contributed by atoms with Gasteiger partial charge in [-0.2, -0.15) is 5.10 Å². The number of halogens is 2. The van der Waals surface area contributed by atoms with E-state index in [-0.39, 0.29) is 11.9 Å². The second-order valence-corrected chi connectivity index (χ2v) is 8.14. The fraction of sp³-hybridized carbons (Fsp3) is 0.130. The van der Waals surface area contributed by atoms with Gasteiger partial charge in [0.05, 0.1) is 22.3 Å². The molecule has 0 bridgehead atoms. The van der Waals surface area contributed by atoms with Gasteiger partial charge in [-0.25, -0.2) is 5.01 Å². The molecule has 0 fully saturated rings. The lowest BCUT2D eigenvalue weighted by molar-refractivity contribution is 0.0711. The summed E-state index contributed by atoms with van der Waals surface area (Å²) in [6.07, 6.45) is 0.649. The van der Waals surface area contributed by atoms with E-state index in [9.17, 15) is 4.79 Å². The first-order valence-corrected chi connectivity index (χ1v) is 10.2. The van der Waals surface area contributed by atoms with Gasteiger partial charge in [0, 0.05) is 10.9 Å². The Morgan fingerprint density at radius 2 is 1.86 bits per heavy atom. The zero-order chi connectivity index (χ0) is 19.7. The highest BCUT2D eigenvalue weighted by molar-refractivity contribution is 9.10. The molecule has 0 N–H and O–H groups in total. The third kappa shape index (κ3) is 3.75. The molecule has 0 saturated carbocycles. The Labute approximate surface area is 177 Å². The SMILES string of the molecule is Cc1cccc(C2=NN(C(=O)c3ccccc3Cl)[C@H](c3cccc(Br)c3)C2)c1. The summed E-state index contributed by atoms with van der Waals surface area (Å²) in [4.78, 5) is 13.3. The summed E-state index contributed by atoms with van der Waals surface area (Å²) in [5, 5.41) is 6.73. The van der Waals surface area contributed by atoms with Crippen LogP contribution < -0.4 is 0 Å². The van der Waals surface area contributed by atoms with Gasteiger partial charge in [-0.15, -0.1) is 0 Å². The number of hydrogen-bond acceptors (Lipinski definition) is 2. The highest BCUT2D eigenvalue weighted by atomic mass is 79.9. The molecule has 0 unspecified atom stereocenters. The van der Waals surface area contributed by atoms with Gasteiger partial charge in [0.25, 0.3) is 5.91 Å². The van der Waals surface area contributed by atoms with Crippen molar-refractivity contribution in [3.63, 3.8) is 0 Å². The van der Waals surface area contributed by atoms with Gasteiger partial charge < -0.3 is 0 Å². The van der Waals surface area contributed by atoms with Crippen molar-refractivity contribution in [2.45, 2.75) is 19.4 Å². The molecule has 0 aliphatic carbocycles. The van der Waals surface area contributed by atoms with E-state index in [4.69, 9.17) is 16.7 Å². The maximum Gasteiger partial charge on any atom is 0.276 e. The molecule has 1 amide bonds. The molecule has 1 heterocycles. The smallest absolute Gasteiger partial charge is 0.267 e. The molecule has 28 heavy (non-hydrogen) atoms. The lowest BCUT2D eigenvalue weighted by atomic mass is 9.97. The van der Waals surface area contributed by atoms with E-state index in [1.165, 1.54) is 0 Å². The fourth-order valence-electron chi connectivity index (χ4n) is 3.43. The van der Waals surface area contributed by atoms with Crippen LogP contribution in [0.15, 0.2) is 82.4 Å². The predicted octanol–water partition coefficient (Wildman–Crippen LogP) is 6.40. The molecule has 3 nitrogen and oxygen atoms in total. The summed E-state index contributed by atoms with van der Waals surface area (Å²) in [6, 6.07) is 23.1. The van der Waals surface area contributed by atoms with Gasteiger partial charge >= 0.3 is 0 Å². The number of hydrazone groups is 1. The number of carbonyl (C=O) groups excluding carboxylic acids is 1. The molecular weight excluding hydrogens is 436 g/mol. The molecule has 5 heteroatoms. The number of aryl methyl sites for hydroxylation is 1. The number of benzene rings is 3. The number of rotatable bonds is 3. The first-order valence-electron chi connectivity index (χ1n) is 9.01. The molecule has 3 aromatic rings. The van der Waals surface area contributed by atoms with Crippen molar-refractivity contribution in [1.82, 2.24) is 5.01 Å². The summed E-state index contributed by atoms with van der Waals surface area (Å²) >= 11 is 9.82. The maximum atomic E-state index is 13.3. The Morgan fingerprint density at radius 3 is 2.61 bits per heavy atom. The number of nitrogens with zero attached hydrogens (tertiary/aromatic N) is 2. The number of amides is 1. The molecule has 1 aliphatic rings. The first kappa shape index (κ1) is 18.9. The lowest BCUT2D eigenvalue weighted by Crippen LogP contribution is -2.27. The van der Waals surface area contributed by atoms with Crippen LogP contribution in [0.5, 0.6) is 0 Å². The summed E-state index contributed by atoms with van der Waals surface area (Å²) in [6.45, 7) is 2.05.